The Kier molecular flexibility index (Phi) is 5.16. The van der Waals surface area contributed by atoms with Gasteiger partial charge in [-0.15, -0.1) is 0 Å². The van der Waals surface area contributed by atoms with Crippen molar-refractivity contribution >= 4 is 11.8 Å². The van der Waals surface area contributed by atoms with E-state index in [0.717, 1.165) is 37.1 Å². The highest BCUT2D eigenvalue weighted by Crippen LogP contribution is 2.19. The predicted octanol–water partition coefficient (Wildman–Crippen LogP) is 2.01. The van der Waals surface area contributed by atoms with Crippen LogP contribution in [0.15, 0.2) is 36.7 Å². The summed E-state index contributed by atoms with van der Waals surface area (Å²) in [6.45, 7) is 4.11. The first-order chi connectivity index (χ1) is 12.0. The second kappa shape index (κ2) is 7.51. The lowest BCUT2D eigenvalue weighted by molar-refractivity contribution is 0.0684. The van der Waals surface area contributed by atoms with E-state index in [1.165, 1.54) is 0 Å². The number of hydrogen-bond acceptors (Lipinski definition) is 3. The Balaban J connectivity index is 1.47. The van der Waals surface area contributed by atoms with Crippen LogP contribution in [0.5, 0.6) is 0 Å². The Morgan fingerprint density at radius 1 is 1.24 bits per heavy atom. The zero-order chi connectivity index (χ0) is 17.8. The van der Waals surface area contributed by atoms with Crippen LogP contribution < -0.4 is 5.32 Å². The molecule has 3 rings (SSSR count). The number of rotatable bonds is 4. The van der Waals surface area contributed by atoms with E-state index in [2.05, 4.69) is 10.4 Å². The smallest absolute Gasteiger partial charge is 0.254 e. The molecule has 0 atom stereocenters. The Bertz CT molecular complexity index is 760. The number of likely N-dealkylation sites (tertiary alicyclic amines) is 1. The van der Waals surface area contributed by atoms with E-state index in [0.29, 0.717) is 18.0 Å². The van der Waals surface area contributed by atoms with Crippen molar-refractivity contribution in [2.45, 2.75) is 19.8 Å². The van der Waals surface area contributed by atoms with Gasteiger partial charge in [-0.3, -0.25) is 14.3 Å². The highest BCUT2D eigenvalue weighted by Gasteiger charge is 2.24. The number of aromatic nitrogens is 2. The van der Waals surface area contributed by atoms with Gasteiger partial charge in [0.1, 0.15) is 0 Å². The Labute approximate surface area is 147 Å². The fourth-order valence-electron chi connectivity index (χ4n) is 3.18. The van der Waals surface area contributed by atoms with Crippen LogP contribution in [0, 0.1) is 12.8 Å². The molecule has 6 nitrogen and oxygen atoms in total. The Morgan fingerprint density at radius 2 is 2.00 bits per heavy atom. The van der Waals surface area contributed by atoms with Crippen molar-refractivity contribution < 1.29 is 9.59 Å². The van der Waals surface area contributed by atoms with Crippen LogP contribution in [0.3, 0.4) is 0 Å². The lowest BCUT2D eigenvalue weighted by atomic mass is 9.96. The molecule has 1 fully saturated rings. The summed E-state index contributed by atoms with van der Waals surface area (Å²) in [4.78, 5) is 26.5. The van der Waals surface area contributed by atoms with Crippen molar-refractivity contribution in [1.82, 2.24) is 20.0 Å². The Hall–Kier alpha value is -2.63. The largest absolute Gasteiger partial charge is 0.352 e. The molecule has 0 unspecified atom stereocenters. The number of amides is 2. The van der Waals surface area contributed by atoms with Crippen LogP contribution >= 0.6 is 0 Å². The van der Waals surface area contributed by atoms with E-state index in [1.807, 2.05) is 36.1 Å². The molecule has 0 bridgehead atoms. The molecule has 1 aliphatic heterocycles. The minimum Gasteiger partial charge on any atom is -0.352 e. The maximum absolute atomic E-state index is 12.6. The second-order valence-electron chi connectivity index (χ2n) is 6.72. The van der Waals surface area contributed by atoms with E-state index in [1.54, 1.807) is 24.1 Å². The molecule has 0 saturated carbocycles. The third-order valence-electron chi connectivity index (χ3n) is 4.69. The number of nitrogens with zero attached hydrogens (tertiary/aromatic N) is 3. The summed E-state index contributed by atoms with van der Waals surface area (Å²) < 4.78 is 1.62. The number of hydrogen-bond donors (Lipinski definition) is 1. The molecule has 6 heteroatoms. The number of carbonyl (C=O) groups excluding carboxylic acids is 2. The molecule has 132 valence electrons. The number of benzene rings is 1. The molecule has 2 amide bonds. The lowest BCUT2D eigenvalue weighted by Gasteiger charge is -2.32. The molecule has 1 N–H and O–H groups in total. The van der Waals surface area contributed by atoms with Gasteiger partial charge in [0.2, 0.25) is 0 Å². The SMILES string of the molecule is Cc1cccc(C(=O)N2CCC(CNC(=O)c3cnn(C)c3)CC2)c1. The average molecular weight is 340 g/mol. The summed E-state index contributed by atoms with van der Waals surface area (Å²) in [5.74, 6) is 0.412. The first-order valence-corrected chi connectivity index (χ1v) is 8.65. The van der Waals surface area contributed by atoms with Crippen molar-refractivity contribution in [3.05, 3.63) is 53.3 Å². The summed E-state index contributed by atoms with van der Waals surface area (Å²) in [6.07, 6.45) is 5.09. The predicted molar refractivity (Wildman–Crippen MR) is 95.3 cm³/mol. The van der Waals surface area contributed by atoms with Gasteiger partial charge in [0.25, 0.3) is 11.8 Å². The van der Waals surface area contributed by atoms with Gasteiger partial charge in [-0.1, -0.05) is 17.7 Å². The fourth-order valence-corrected chi connectivity index (χ4v) is 3.18. The molecule has 0 aliphatic carbocycles. The molecule has 2 heterocycles. The standard InChI is InChI=1S/C19H24N4O2/c1-14-4-3-5-16(10-14)19(25)23-8-6-15(7-9-23)11-20-18(24)17-12-21-22(2)13-17/h3-5,10,12-13,15H,6-9,11H2,1-2H3,(H,20,24). The van der Waals surface area contributed by atoms with Crippen molar-refractivity contribution in [3.8, 4) is 0 Å². The zero-order valence-electron chi connectivity index (χ0n) is 14.7. The Morgan fingerprint density at radius 3 is 2.64 bits per heavy atom. The monoisotopic (exact) mass is 340 g/mol. The highest BCUT2D eigenvalue weighted by atomic mass is 16.2. The molecular weight excluding hydrogens is 316 g/mol. The number of carbonyl (C=O) groups is 2. The van der Waals surface area contributed by atoms with E-state index >= 15 is 0 Å². The van der Waals surface area contributed by atoms with Gasteiger partial charge in [-0.2, -0.15) is 5.10 Å². The van der Waals surface area contributed by atoms with E-state index in [4.69, 9.17) is 0 Å². The zero-order valence-corrected chi connectivity index (χ0v) is 14.7. The normalized spacial score (nSPS) is 15.2. The van der Waals surface area contributed by atoms with E-state index in [-0.39, 0.29) is 11.8 Å². The molecule has 25 heavy (non-hydrogen) atoms. The minimum atomic E-state index is -0.0913. The first-order valence-electron chi connectivity index (χ1n) is 8.65. The number of piperidine rings is 1. The average Bonchev–Trinajstić information content (AvgIpc) is 3.06. The third-order valence-corrected chi connectivity index (χ3v) is 4.69. The summed E-state index contributed by atoms with van der Waals surface area (Å²) in [5.41, 5.74) is 2.43. The molecule has 0 spiro atoms. The van der Waals surface area contributed by atoms with Crippen LogP contribution in [0.25, 0.3) is 0 Å². The number of aryl methyl sites for hydroxylation is 2. The van der Waals surface area contributed by atoms with Crippen molar-refractivity contribution in [2.75, 3.05) is 19.6 Å². The highest BCUT2D eigenvalue weighted by molar-refractivity contribution is 5.94. The van der Waals surface area contributed by atoms with Gasteiger partial charge in [-0.25, -0.2) is 0 Å². The van der Waals surface area contributed by atoms with E-state index in [9.17, 15) is 9.59 Å². The summed E-state index contributed by atoms with van der Waals surface area (Å²) >= 11 is 0. The van der Waals surface area contributed by atoms with Gasteiger partial charge in [0.15, 0.2) is 0 Å². The lowest BCUT2D eigenvalue weighted by Crippen LogP contribution is -2.41. The second-order valence-corrected chi connectivity index (χ2v) is 6.72. The third kappa shape index (κ3) is 4.26. The maximum atomic E-state index is 12.6. The molecule has 1 aromatic heterocycles. The summed E-state index contributed by atoms with van der Waals surface area (Å²) in [6, 6.07) is 7.72. The van der Waals surface area contributed by atoms with Gasteiger partial charge >= 0.3 is 0 Å². The van der Waals surface area contributed by atoms with E-state index < -0.39 is 0 Å². The molecule has 1 aliphatic rings. The molecule has 1 aromatic carbocycles. The minimum absolute atomic E-state index is 0.0913. The maximum Gasteiger partial charge on any atom is 0.254 e. The van der Waals surface area contributed by atoms with Crippen LogP contribution in [0.4, 0.5) is 0 Å². The topological polar surface area (TPSA) is 67.2 Å². The quantitative estimate of drug-likeness (QED) is 0.926. The van der Waals surface area contributed by atoms with Crippen LogP contribution in [-0.2, 0) is 7.05 Å². The molecule has 0 radical (unpaired) electrons. The van der Waals surface area contributed by atoms with Crippen LogP contribution in [-0.4, -0.2) is 46.1 Å². The van der Waals surface area contributed by atoms with Crippen LogP contribution in [0.2, 0.25) is 0 Å². The molecular formula is C19H24N4O2. The van der Waals surface area contributed by atoms with Gasteiger partial charge in [0, 0.05) is 38.4 Å². The van der Waals surface area contributed by atoms with Crippen LogP contribution in [0.1, 0.15) is 39.1 Å². The van der Waals surface area contributed by atoms with Gasteiger partial charge in [-0.05, 0) is 37.8 Å². The first kappa shape index (κ1) is 17.2. The van der Waals surface area contributed by atoms with Crippen molar-refractivity contribution in [2.24, 2.45) is 13.0 Å². The van der Waals surface area contributed by atoms with Gasteiger partial charge < -0.3 is 10.2 Å². The number of nitrogens with one attached hydrogen (secondary N) is 1. The molecule has 1 saturated heterocycles. The molecule has 2 aromatic rings. The fraction of sp³-hybridized carbons (Fsp3) is 0.421. The van der Waals surface area contributed by atoms with Crippen molar-refractivity contribution in [3.63, 3.8) is 0 Å². The van der Waals surface area contributed by atoms with Crippen molar-refractivity contribution in [1.29, 1.82) is 0 Å². The van der Waals surface area contributed by atoms with Gasteiger partial charge in [0.05, 0.1) is 11.8 Å². The summed E-state index contributed by atoms with van der Waals surface area (Å²) in [5, 5.41) is 6.98. The summed E-state index contributed by atoms with van der Waals surface area (Å²) in [7, 11) is 1.79.